The molecule has 0 spiro atoms. The van der Waals surface area contributed by atoms with Crippen LogP contribution >= 0.6 is 23.2 Å². The van der Waals surface area contributed by atoms with E-state index in [-0.39, 0.29) is 45.9 Å². The molecule has 12 nitrogen and oxygen atoms in total. The topological polar surface area (TPSA) is 161 Å². The molecule has 0 saturated heterocycles. The Morgan fingerprint density at radius 2 is 1.92 bits per heavy atom. The number of tetrazole rings is 1. The van der Waals surface area contributed by atoms with Crippen LogP contribution in [0, 0.1) is 0 Å². The zero-order valence-corrected chi connectivity index (χ0v) is 21.4. The Balaban J connectivity index is 2.36. The normalized spacial score (nSPS) is 16.4. The highest BCUT2D eigenvalue weighted by atomic mass is 35.5. The van der Waals surface area contributed by atoms with Gasteiger partial charge in [-0.15, -0.1) is 5.10 Å². The summed E-state index contributed by atoms with van der Waals surface area (Å²) in [7, 11) is 2.58. The van der Waals surface area contributed by atoms with Crippen LogP contribution in [0.2, 0.25) is 10.0 Å². The van der Waals surface area contributed by atoms with Gasteiger partial charge in [0.15, 0.2) is 11.9 Å². The molecule has 0 fully saturated rings. The molecule has 1 amide bonds. The van der Waals surface area contributed by atoms with Crippen LogP contribution in [-0.4, -0.2) is 58.9 Å². The molecule has 2 atom stereocenters. The van der Waals surface area contributed by atoms with Gasteiger partial charge >= 0.3 is 11.9 Å². The summed E-state index contributed by atoms with van der Waals surface area (Å²) in [5.74, 6) is -3.13. The zero-order chi connectivity index (χ0) is 26.6. The molecule has 0 radical (unpaired) electrons. The molecule has 36 heavy (non-hydrogen) atoms. The molecule has 192 valence electrons. The second-order valence-corrected chi connectivity index (χ2v) is 8.34. The van der Waals surface area contributed by atoms with Crippen molar-refractivity contribution < 1.29 is 28.6 Å². The highest BCUT2D eigenvalue weighted by Crippen LogP contribution is 2.45. The van der Waals surface area contributed by atoms with Gasteiger partial charge in [0.2, 0.25) is 5.91 Å². The van der Waals surface area contributed by atoms with Crippen molar-refractivity contribution >= 4 is 41.0 Å². The van der Waals surface area contributed by atoms with Crippen molar-refractivity contribution in [3.8, 4) is 0 Å². The van der Waals surface area contributed by atoms with Crippen molar-refractivity contribution in [3.63, 3.8) is 0 Å². The van der Waals surface area contributed by atoms with E-state index in [0.29, 0.717) is 11.3 Å². The largest absolute Gasteiger partial charge is 0.466 e. The van der Waals surface area contributed by atoms with E-state index in [1.807, 2.05) is 0 Å². The van der Waals surface area contributed by atoms with Gasteiger partial charge in [-0.2, -0.15) is 0 Å². The average molecular weight is 539 g/mol. The van der Waals surface area contributed by atoms with Crippen LogP contribution in [0.3, 0.4) is 0 Å². The predicted molar refractivity (Wildman–Crippen MR) is 127 cm³/mol. The molecule has 0 bridgehead atoms. The van der Waals surface area contributed by atoms with Gasteiger partial charge in [-0.1, -0.05) is 35.3 Å². The van der Waals surface area contributed by atoms with Crippen LogP contribution in [-0.2, 0) is 35.1 Å². The fourth-order valence-electron chi connectivity index (χ4n) is 3.94. The maximum Gasteiger partial charge on any atom is 0.336 e. The molecule has 0 saturated carbocycles. The van der Waals surface area contributed by atoms with Gasteiger partial charge in [0.1, 0.15) is 6.54 Å². The van der Waals surface area contributed by atoms with Crippen LogP contribution in [0.15, 0.2) is 40.7 Å². The number of dihydropyridines is 1. The minimum absolute atomic E-state index is 0.00695. The lowest BCUT2D eigenvalue weighted by molar-refractivity contribution is -0.139. The average Bonchev–Trinajstić information content (AvgIpc) is 3.27. The van der Waals surface area contributed by atoms with Gasteiger partial charge < -0.3 is 25.3 Å². The monoisotopic (exact) mass is 538 g/mol. The molecule has 2 aromatic rings. The summed E-state index contributed by atoms with van der Waals surface area (Å²) in [5, 5.41) is 14.8. The number of allylic oxidation sites excluding steroid dienone is 1. The van der Waals surface area contributed by atoms with Crippen molar-refractivity contribution in [2.45, 2.75) is 32.4 Å². The van der Waals surface area contributed by atoms with Crippen LogP contribution in [0.1, 0.15) is 37.3 Å². The van der Waals surface area contributed by atoms with Gasteiger partial charge in [-0.25, -0.2) is 14.3 Å². The van der Waals surface area contributed by atoms with Crippen LogP contribution in [0.5, 0.6) is 0 Å². The Labute approximate surface area is 216 Å². The fraction of sp³-hybridized carbons (Fsp3) is 0.364. The second-order valence-electron chi connectivity index (χ2n) is 7.56. The first-order valence-electron chi connectivity index (χ1n) is 10.6. The summed E-state index contributed by atoms with van der Waals surface area (Å²) in [6.07, 6.45) is -1.10. The van der Waals surface area contributed by atoms with E-state index in [0.717, 1.165) is 4.68 Å². The maximum absolute atomic E-state index is 13.4. The van der Waals surface area contributed by atoms with E-state index in [1.165, 1.54) is 14.2 Å². The summed E-state index contributed by atoms with van der Waals surface area (Å²) in [6.45, 7) is 2.97. The molecule has 3 N–H and O–H groups in total. The Morgan fingerprint density at radius 1 is 1.19 bits per heavy atom. The molecule has 1 aromatic carbocycles. The quantitative estimate of drug-likeness (QED) is 0.450. The van der Waals surface area contributed by atoms with E-state index < -0.39 is 29.9 Å². The molecule has 2 unspecified atom stereocenters. The van der Waals surface area contributed by atoms with Crippen molar-refractivity contribution in [3.05, 3.63) is 62.2 Å². The van der Waals surface area contributed by atoms with Crippen molar-refractivity contribution in [1.29, 1.82) is 0 Å². The third kappa shape index (κ3) is 5.20. The number of carbonyl (C=O) groups excluding carboxylic acids is 3. The lowest BCUT2D eigenvalue weighted by atomic mass is 9.79. The summed E-state index contributed by atoms with van der Waals surface area (Å²) in [6, 6.07) is 4.85. The first-order valence-corrected chi connectivity index (χ1v) is 11.4. The number of hydrogen-bond donors (Lipinski definition) is 2. The number of primary amides is 1. The molecule has 2 heterocycles. The summed E-state index contributed by atoms with van der Waals surface area (Å²) >= 11 is 12.8. The number of aromatic nitrogens is 4. The maximum atomic E-state index is 13.4. The second kappa shape index (κ2) is 11.5. The highest BCUT2D eigenvalue weighted by Gasteiger charge is 2.43. The van der Waals surface area contributed by atoms with Gasteiger partial charge in [0, 0.05) is 12.8 Å². The summed E-state index contributed by atoms with van der Waals surface area (Å²) in [4.78, 5) is 37.9. The van der Waals surface area contributed by atoms with Crippen molar-refractivity contribution in [2.24, 2.45) is 5.73 Å². The standard InChI is InChI=1S/C22H24Cl2N6O6/c1-5-36-22(33)16-15(11-7-6-8-12(23)17(11)24)14(21(32)35-4)10(2)26-18(16)19(34-3)20-27-28-29-30(20)9-13(25)31/h6-8,15,19,26H,5,9H2,1-4H3,(H2,25,31). The molecular formula is C22H24Cl2N6O6. The number of esters is 2. The highest BCUT2D eigenvalue weighted by molar-refractivity contribution is 6.42. The number of rotatable bonds is 9. The van der Waals surface area contributed by atoms with Crippen LogP contribution in [0.25, 0.3) is 0 Å². The number of nitrogens with one attached hydrogen (secondary N) is 1. The van der Waals surface area contributed by atoms with Gasteiger partial charge in [-0.05, 0) is 35.9 Å². The Morgan fingerprint density at radius 3 is 2.53 bits per heavy atom. The number of methoxy groups -OCH3 is 2. The number of hydrogen-bond acceptors (Lipinski definition) is 10. The predicted octanol–water partition coefficient (Wildman–Crippen LogP) is 1.80. The van der Waals surface area contributed by atoms with E-state index >= 15 is 0 Å². The lowest BCUT2D eigenvalue weighted by Crippen LogP contribution is -2.36. The van der Waals surface area contributed by atoms with E-state index in [2.05, 4.69) is 20.8 Å². The smallest absolute Gasteiger partial charge is 0.336 e. The van der Waals surface area contributed by atoms with Gasteiger partial charge in [-0.3, -0.25) is 4.79 Å². The van der Waals surface area contributed by atoms with E-state index in [4.69, 9.17) is 43.1 Å². The molecule has 1 aromatic heterocycles. The number of ether oxygens (including phenoxy) is 3. The van der Waals surface area contributed by atoms with Gasteiger partial charge in [0.25, 0.3) is 0 Å². The first-order chi connectivity index (χ1) is 17.2. The number of nitrogens with two attached hydrogens (primary N) is 1. The minimum atomic E-state index is -1.10. The van der Waals surface area contributed by atoms with Crippen molar-refractivity contribution in [2.75, 3.05) is 20.8 Å². The molecule has 14 heteroatoms. The third-order valence-corrected chi connectivity index (χ3v) is 6.22. The van der Waals surface area contributed by atoms with Crippen LogP contribution < -0.4 is 11.1 Å². The SMILES string of the molecule is CCOC(=O)C1=C(C(OC)c2nnnn2CC(N)=O)NC(C)=C(C(=O)OC)C1c1cccc(Cl)c1Cl. The number of benzene rings is 1. The minimum Gasteiger partial charge on any atom is -0.466 e. The van der Waals surface area contributed by atoms with Crippen LogP contribution in [0.4, 0.5) is 0 Å². The number of carbonyl (C=O) groups is 3. The van der Waals surface area contributed by atoms with Gasteiger partial charge in [0.05, 0.1) is 46.5 Å². The Bertz CT molecular complexity index is 1260. The lowest BCUT2D eigenvalue weighted by Gasteiger charge is -2.34. The molecular weight excluding hydrogens is 515 g/mol. The summed E-state index contributed by atoms with van der Waals surface area (Å²) < 4.78 is 17.2. The molecule has 1 aliphatic rings. The molecule has 3 rings (SSSR count). The first kappa shape index (κ1) is 27.1. The van der Waals surface area contributed by atoms with E-state index in [9.17, 15) is 14.4 Å². The number of amides is 1. The molecule has 1 aliphatic heterocycles. The van der Waals surface area contributed by atoms with Crippen molar-refractivity contribution in [1.82, 2.24) is 25.5 Å². The third-order valence-electron chi connectivity index (χ3n) is 5.38. The fourth-order valence-corrected chi connectivity index (χ4v) is 4.36. The number of nitrogens with zero attached hydrogens (tertiary/aromatic N) is 4. The summed E-state index contributed by atoms with van der Waals surface area (Å²) in [5.41, 5.74) is 6.30. The Hall–Kier alpha value is -3.48. The zero-order valence-electron chi connectivity index (χ0n) is 19.9. The van der Waals surface area contributed by atoms with E-state index in [1.54, 1.807) is 32.0 Å². The number of halogens is 2. The molecule has 0 aliphatic carbocycles. The Kier molecular flexibility index (Phi) is 8.66.